The lowest BCUT2D eigenvalue weighted by Crippen LogP contribution is -2.48. The van der Waals surface area contributed by atoms with Crippen molar-refractivity contribution in [3.63, 3.8) is 0 Å². The van der Waals surface area contributed by atoms with Crippen LogP contribution in [0, 0.1) is 11.8 Å². The van der Waals surface area contributed by atoms with Crippen LogP contribution in [0.5, 0.6) is 0 Å². The third-order valence-corrected chi connectivity index (χ3v) is 5.53. The number of urea groups is 1. The van der Waals surface area contributed by atoms with Gasteiger partial charge in [-0.2, -0.15) is 0 Å². The first-order valence-corrected chi connectivity index (χ1v) is 9.27. The highest BCUT2D eigenvalue weighted by molar-refractivity contribution is 6.32. The predicted octanol–water partition coefficient (Wildman–Crippen LogP) is 2.61. The molecule has 0 saturated carbocycles. The van der Waals surface area contributed by atoms with Crippen molar-refractivity contribution in [3.8, 4) is 0 Å². The summed E-state index contributed by atoms with van der Waals surface area (Å²) in [5.74, 6) is 0.177. The van der Waals surface area contributed by atoms with E-state index >= 15 is 0 Å². The molecule has 2 saturated heterocycles. The molecular weight excluding hydrogens is 354 g/mol. The van der Waals surface area contributed by atoms with Crippen molar-refractivity contribution in [2.24, 2.45) is 11.8 Å². The van der Waals surface area contributed by atoms with Gasteiger partial charge in [0.2, 0.25) is 5.91 Å². The number of imide groups is 1. The normalized spacial score (nSPS) is 29.1. The summed E-state index contributed by atoms with van der Waals surface area (Å²) in [6.45, 7) is 6.91. The molecule has 0 unspecified atom stereocenters. The molecule has 0 aliphatic carbocycles. The standard InChI is InChI=1S/C19H24ClN3O3/c1-12-8-13(2)10-22(9-12)16(24)11-23-17(25)19(3,21-18(23)26)14-6-4-5-7-15(14)20/h4-7,12-13H,8-11H2,1-3H3,(H,21,26)/t12-,13-,19+/m0/s1. The molecule has 7 heteroatoms. The van der Waals surface area contributed by atoms with E-state index in [4.69, 9.17) is 11.6 Å². The minimum Gasteiger partial charge on any atom is -0.341 e. The average molecular weight is 378 g/mol. The number of nitrogens with zero attached hydrogens (tertiary/aromatic N) is 2. The number of carbonyl (C=O) groups is 3. The van der Waals surface area contributed by atoms with Gasteiger partial charge in [0.1, 0.15) is 12.1 Å². The van der Waals surface area contributed by atoms with Crippen LogP contribution in [0.15, 0.2) is 24.3 Å². The lowest BCUT2D eigenvalue weighted by atomic mass is 9.91. The summed E-state index contributed by atoms with van der Waals surface area (Å²) in [5, 5.41) is 3.09. The lowest BCUT2D eigenvalue weighted by Gasteiger charge is -2.35. The maximum absolute atomic E-state index is 13.0. The van der Waals surface area contributed by atoms with Gasteiger partial charge in [-0.15, -0.1) is 0 Å². The Morgan fingerprint density at radius 1 is 1.23 bits per heavy atom. The highest BCUT2D eigenvalue weighted by atomic mass is 35.5. The van der Waals surface area contributed by atoms with Crippen LogP contribution in [0.4, 0.5) is 4.79 Å². The Kier molecular flexibility index (Phi) is 4.97. The number of likely N-dealkylation sites (tertiary alicyclic amines) is 1. The summed E-state index contributed by atoms with van der Waals surface area (Å²) in [5.41, 5.74) is -0.742. The van der Waals surface area contributed by atoms with E-state index in [0.717, 1.165) is 11.3 Å². The van der Waals surface area contributed by atoms with E-state index in [0.29, 0.717) is 35.5 Å². The molecule has 3 atom stereocenters. The highest BCUT2D eigenvalue weighted by Crippen LogP contribution is 2.33. The number of rotatable bonds is 3. The van der Waals surface area contributed by atoms with Crippen molar-refractivity contribution in [1.82, 2.24) is 15.1 Å². The lowest BCUT2D eigenvalue weighted by molar-refractivity contribution is -0.140. The van der Waals surface area contributed by atoms with Crippen LogP contribution in [0.3, 0.4) is 0 Å². The number of hydrogen-bond acceptors (Lipinski definition) is 3. The van der Waals surface area contributed by atoms with E-state index in [1.165, 1.54) is 0 Å². The van der Waals surface area contributed by atoms with Gasteiger partial charge in [-0.25, -0.2) is 4.79 Å². The first-order chi connectivity index (χ1) is 12.2. The largest absolute Gasteiger partial charge is 0.341 e. The van der Waals surface area contributed by atoms with Gasteiger partial charge in [-0.1, -0.05) is 43.6 Å². The van der Waals surface area contributed by atoms with Gasteiger partial charge in [0.05, 0.1) is 0 Å². The van der Waals surface area contributed by atoms with E-state index < -0.39 is 17.5 Å². The van der Waals surface area contributed by atoms with Gasteiger partial charge in [-0.3, -0.25) is 14.5 Å². The SMILES string of the molecule is C[C@H]1C[C@H](C)CN(C(=O)CN2C(=O)N[C@](C)(c3ccccc3Cl)C2=O)C1. The quantitative estimate of drug-likeness (QED) is 0.823. The van der Waals surface area contributed by atoms with E-state index in [9.17, 15) is 14.4 Å². The van der Waals surface area contributed by atoms with Crippen molar-refractivity contribution < 1.29 is 14.4 Å². The van der Waals surface area contributed by atoms with Gasteiger partial charge in [0.25, 0.3) is 5.91 Å². The summed E-state index contributed by atoms with van der Waals surface area (Å²) in [7, 11) is 0. The highest BCUT2D eigenvalue weighted by Gasteiger charge is 2.50. The van der Waals surface area contributed by atoms with Gasteiger partial charge in [0.15, 0.2) is 0 Å². The second-order valence-corrected chi connectivity index (χ2v) is 8.08. The number of benzene rings is 1. The Morgan fingerprint density at radius 2 is 1.85 bits per heavy atom. The first-order valence-electron chi connectivity index (χ1n) is 8.89. The smallest absolute Gasteiger partial charge is 0.325 e. The monoisotopic (exact) mass is 377 g/mol. The van der Waals surface area contributed by atoms with Crippen LogP contribution in [0.2, 0.25) is 5.02 Å². The molecule has 1 aromatic carbocycles. The van der Waals surface area contributed by atoms with E-state index in [1.54, 1.807) is 36.1 Å². The van der Waals surface area contributed by atoms with Crippen molar-refractivity contribution in [2.45, 2.75) is 32.7 Å². The van der Waals surface area contributed by atoms with Gasteiger partial charge >= 0.3 is 6.03 Å². The Balaban J connectivity index is 1.77. The maximum Gasteiger partial charge on any atom is 0.325 e. The second kappa shape index (κ2) is 6.91. The average Bonchev–Trinajstić information content (AvgIpc) is 2.78. The summed E-state index contributed by atoms with van der Waals surface area (Å²) in [6, 6.07) is 6.34. The molecule has 2 aliphatic heterocycles. The van der Waals surface area contributed by atoms with E-state index in [1.807, 2.05) is 0 Å². The Bertz CT molecular complexity index is 743. The van der Waals surface area contributed by atoms with E-state index in [-0.39, 0.29) is 12.5 Å². The van der Waals surface area contributed by atoms with Crippen molar-refractivity contribution in [2.75, 3.05) is 19.6 Å². The van der Waals surface area contributed by atoms with Crippen LogP contribution >= 0.6 is 11.6 Å². The van der Waals surface area contributed by atoms with Crippen LogP contribution < -0.4 is 5.32 Å². The molecule has 1 aromatic rings. The zero-order valence-electron chi connectivity index (χ0n) is 15.3. The molecule has 2 fully saturated rings. The second-order valence-electron chi connectivity index (χ2n) is 7.67. The molecule has 6 nitrogen and oxygen atoms in total. The maximum atomic E-state index is 13.0. The van der Waals surface area contributed by atoms with Crippen LogP contribution in [0.1, 0.15) is 32.8 Å². The molecule has 4 amide bonds. The minimum atomic E-state index is -1.27. The zero-order valence-corrected chi connectivity index (χ0v) is 16.0. The molecule has 2 heterocycles. The van der Waals surface area contributed by atoms with Crippen LogP contribution in [-0.2, 0) is 15.1 Å². The number of carbonyl (C=O) groups excluding carboxylic acids is 3. The fourth-order valence-electron chi connectivity index (χ4n) is 3.99. The number of nitrogens with one attached hydrogen (secondary N) is 1. The summed E-state index contributed by atoms with van der Waals surface area (Å²) < 4.78 is 0. The third-order valence-electron chi connectivity index (χ3n) is 5.20. The molecule has 140 valence electrons. The number of piperidine rings is 1. The summed E-state index contributed by atoms with van der Waals surface area (Å²) in [6.07, 6.45) is 1.08. The van der Waals surface area contributed by atoms with Gasteiger partial charge in [0, 0.05) is 23.7 Å². The molecule has 2 aliphatic rings. The van der Waals surface area contributed by atoms with Crippen molar-refractivity contribution >= 4 is 29.4 Å². The van der Waals surface area contributed by atoms with Gasteiger partial charge < -0.3 is 10.2 Å². The molecule has 0 spiro atoms. The van der Waals surface area contributed by atoms with Crippen LogP contribution in [0.25, 0.3) is 0 Å². The Morgan fingerprint density at radius 3 is 2.46 bits per heavy atom. The van der Waals surface area contributed by atoms with Crippen LogP contribution in [-0.4, -0.2) is 47.3 Å². The Hall–Kier alpha value is -2.08. The van der Waals surface area contributed by atoms with Crippen molar-refractivity contribution in [1.29, 1.82) is 0 Å². The third kappa shape index (κ3) is 3.30. The number of hydrogen-bond donors (Lipinski definition) is 1. The number of amides is 4. The van der Waals surface area contributed by atoms with E-state index in [2.05, 4.69) is 19.2 Å². The molecule has 0 bridgehead atoms. The fourth-order valence-corrected chi connectivity index (χ4v) is 4.32. The zero-order chi connectivity index (χ0) is 19.1. The molecular formula is C19H24ClN3O3. The molecule has 3 rings (SSSR count). The molecule has 26 heavy (non-hydrogen) atoms. The molecule has 0 aromatic heterocycles. The summed E-state index contributed by atoms with van der Waals surface area (Å²) >= 11 is 6.22. The Labute approximate surface area is 158 Å². The fraction of sp³-hybridized carbons (Fsp3) is 0.526. The molecule has 1 N–H and O–H groups in total. The number of halogens is 1. The molecule has 0 radical (unpaired) electrons. The predicted molar refractivity (Wildman–Crippen MR) is 98.6 cm³/mol. The topological polar surface area (TPSA) is 69.7 Å². The van der Waals surface area contributed by atoms with Crippen molar-refractivity contribution in [3.05, 3.63) is 34.9 Å². The van der Waals surface area contributed by atoms with Gasteiger partial charge in [-0.05, 0) is 31.2 Å². The minimum absolute atomic E-state index is 0.199. The first kappa shape index (κ1) is 18.7. The summed E-state index contributed by atoms with van der Waals surface area (Å²) in [4.78, 5) is 40.8.